The highest BCUT2D eigenvalue weighted by Gasteiger charge is 2.12. The smallest absolute Gasteiger partial charge is 0.219 e. The van der Waals surface area contributed by atoms with E-state index in [0.717, 1.165) is 27.2 Å². The van der Waals surface area contributed by atoms with Gasteiger partial charge in [-0.05, 0) is 12.5 Å². The van der Waals surface area contributed by atoms with Gasteiger partial charge in [-0.15, -0.1) is 11.3 Å². The lowest BCUT2D eigenvalue weighted by Crippen LogP contribution is -2.16. The summed E-state index contributed by atoms with van der Waals surface area (Å²) >= 11 is 1.58. The summed E-state index contributed by atoms with van der Waals surface area (Å²) in [6, 6.07) is 8.36. The molecular weight excluding hydrogens is 296 g/mol. The fourth-order valence-corrected chi connectivity index (χ4v) is 3.17. The lowest BCUT2D eigenvalue weighted by Gasteiger charge is -2.07. The number of aryl methyl sites for hydroxylation is 1. The first-order valence-corrected chi connectivity index (χ1v) is 7.84. The van der Waals surface area contributed by atoms with E-state index in [4.69, 9.17) is 5.73 Å². The minimum Gasteiger partial charge on any atom is -0.370 e. The first-order chi connectivity index (χ1) is 10.6. The van der Waals surface area contributed by atoms with Crippen LogP contribution in [0, 0.1) is 6.92 Å². The van der Waals surface area contributed by atoms with Gasteiger partial charge in [0, 0.05) is 23.9 Å². The van der Waals surface area contributed by atoms with Crippen LogP contribution in [-0.2, 0) is 4.79 Å². The molecule has 2 heterocycles. The van der Waals surface area contributed by atoms with Gasteiger partial charge in [0.25, 0.3) is 0 Å². The Balaban J connectivity index is 2.00. The van der Waals surface area contributed by atoms with Crippen molar-refractivity contribution in [2.45, 2.75) is 13.3 Å². The van der Waals surface area contributed by atoms with E-state index >= 15 is 0 Å². The number of hydrogen-bond donors (Lipinski definition) is 2. The molecule has 0 spiro atoms. The number of hydrogen-bond acceptors (Lipinski definition) is 5. The molecule has 3 aromatic rings. The van der Waals surface area contributed by atoms with E-state index in [2.05, 4.69) is 51.9 Å². The molecule has 0 bridgehead atoms. The third-order valence-corrected chi connectivity index (χ3v) is 4.28. The molecule has 0 saturated carbocycles. The van der Waals surface area contributed by atoms with Crippen LogP contribution in [0.4, 0.5) is 5.82 Å². The zero-order valence-corrected chi connectivity index (χ0v) is 13.0. The number of benzene rings is 1. The van der Waals surface area contributed by atoms with Crippen LogP contribution in [0.1, 0.15) is 12.0 Å². The van der Waals surface area contributed by atoms with E-state index in [-0.39, 0.29) is 12.3 Å². The molecule has 0 aliphatic heterocycles. The summed E-state index contributed by atoms with van der Waals surface area (Å²) in [5.41, 5.74) is 8.62. The molecule has 1 aromatic carbocycles. The van der Waals surface area contributed by atoms with Gasteiger partial charge in [-0.3, -0.25) is 4.79 Å². The van der Waals surface area contributed by atoms with Gasteiger partial charge in [-0.2, -0.15) is 0 Å². The summed E-state index contributed by atoms with van der Waals surface area (Å²) in [6.07, 6.45) is 1.81. The maximum Gasteiger partial charge on any atom is 0.219 e. The third kappa shape index (κ3) is 2.92. The number of nitrogens with one attached hydrogen (secondary N) is 1. The van der Waals surface area contributed by atoms with Crippen molar-refractivity contribution in [3.05, 3.63) is 41.5 Å². The van der Waals surface area contributed by atoms with Crippen molar-refractivity contribution in [3.8, 4) is 11.1 Å². The quantitative estimate of drug-likeness (QED) is 0.759. The van der Waals surface area contributed by atoms with Crippen molar-refractivity contribution in [2.75, 3.05) is 11.9 Å². The van der Waals surface area contributed by atoms with E-state index in [1.807, 2.05) is 0 Å². The Morgan fingerprint density at radius 3 is 2.77 bits per heavy atom. The summed E-state index contributed by atoms with van der Waals surface area (Å²) in [7, 11) is 0. The number of aromatic nitrogens is 2. The van der Waals surface area contributed by atoms with E-state index in [0.29, 0.717) is 6.54 Å². The monoisotopic (exact) mass is 312 g/mol. The fourth-order valence-electron chi connectivity index (χ4n) is 2.26. The number of amides is 1. The van der Waals surface area contributed by atoms with Gasteiger partial charge < -0.3 is 11.1 Å². The van der Waals surface area contributed by atoms with Crippen LogP contribution < -0.4 is 11.1 Å². The summed E-state index contributed by atoms with van der Waals surface area (Å²) in [5, 5.41) is 6.25. The predicted molar refractivity (Wildman–Crippen MR) is 89.9 cm³/mol. The van der Waals surface area contributed by atoms with Gasteiger partial charge in [0.1, 0.15) is 17.0 Å². The highest BCUT2D eigenvalue weighted by atomic mass is 32.1. The number of thiophene rings is 1. The van der Waals surface area contributed by atoms with Gasteiger partial charge in [0.15, 0.2) is 0 Å². The van der Waals surface area contributed by atoms with Gasteiger partial charge >= 0.3 is 0 Å². The molecule has 3 N–H and O–H groups in total. The molecule has 0 aliphatic carbocycles. The Morgan fingerprint density at radius 2 is 2.05 bits per heavy atom. The zero-order chi connectivity index (χ0) is 15.5. The molecule has 0 unspecified atom stereocenters. The van der Waals surface area contributed by atoms with Crippen LogP contribution in [0.2, 0.25) is 0 Å². The maximum atomic E-state index is 10.9. The van der Waals surface area contributed by atoms with Gasteiger partial charge in [0.2, 0.25) is 5.91 Å². The normalized spacial score (nSPS) is 10.8. The van der Waals surface area contributed by atoms with Gasteiger partial charge in [-0.25, -0.2) is 9.97 Å². The Kier molecular flexibility index (Phi) is 4.02. The molecule has 0 aliphatic rings. The number of rotatable bonds is 5. The molecule has 2 aromatic heterocycles. The van der Waals surface area contributed by atoms with Gasteiger partial charge in [-0.1, -0.05) is 29.8 Å². The molecule has 22 heavy (non-hydrogen) atoms. The van der Waals surface area contributed by atoms with Crippen LogP contribution in [0.25, 0.3) is 21.3 Å². The second-order valence-electron chi connectivity index (χ2n) is 5.06. The number of nitrogens with zero attached hydrogens (tertiary/aromatic N) is 2. The van der Waals surface area contributed by atoms with Gasteiger partial charge in [0.05, 0.1) is 5.39 Å². The van der Waals surface area contributed by atoms with E-state index in [1.54, 1.807) is 11.3 Å². The van der Waals surface area contributed by atoms with Crippen molar-refractivity contribution in [2.24, 2.45) is 5.73 Å². The Labute approximate surface area is 132 Å². The second kappa shape index (κ2) is 6.11. The molecule has 112 valence electrons. The highest BCUT2D eigenvalue weighted by molar-refractivity contribution is 7.17. The number of carbonyl (C=O) groups is 1. The number of fused-ring (bicyclic) bond motifs is 1. The molecule has 0 atom stereocenters. The Morgan fingerprint density at radius 1 is 1.27 bits per heavy atom. The number of anilines is 1. The van der Waals surface area contributed by atoms with E-state index < -0.39 is 0 Å². The molecular formula is C16H16N4OS. The van der Waals surface area contributed by atoms with E-state index in [9.17, 15) is 4.79 Å². The molecule has 0 saturated heterocycles. The number of nitrogens with two attached hydrogens (primary N) is 1. The van der Waals surface area contributed by atoms with Crippen LogP contribution in [0.15, 0.2) is 36.0 Å². The summed E-state index contributed by atoms with van der Waals surface area (Å²) in [4.78, 5) is 20.4. The molecule has 5 nitrogen and oxygen atoms in total. The first kappa shape index (κ1) is 14.5. The molecule has 0 radical (unpaired) electrons. The summed E-state index contributed by atoms with van der Waals surface area (Å²) in [6.45, 7) is 2.53. The van der Waals surface area contributed by atoms with Crippen molar-refractivity contribution < 1.29 is 4.79 Å². The van der Waals surface area contributed by atoms with Crippen LogP contribution >= 0.6 is 11.3 Å². The lowest BCUT2D eigenvalue weighted by molar-refractivity contribution is -0.117. The van der Waals surface area contributed by atoms with Crippen molar-refractivity contribution in [3.63, 3.8) is 0 Å². The molecule has 3 rings (SSSR count). The summed E-state index contributed by atoms with van der Waals surface area (Å²) < 4.78 is 0. The SMILES string of the molecule is Cc1ccc(-c2csc3ncnc(NCCC(N)=O)c23)cc1. The molecule has 0 fully saturated rings. The molecule has 6 heteroatoms. The molecule has 1 amide bonds. The highest BCUT2D eigenvalue weighted by Crippen LogP contribution is 2.36. The number of primary amides is 1. The number of carbonyl (C=O) groups excluding carboxylic acids is 1. The van der Waals surface area contributed by atoms with E-state index in [1.165, 1.54) is 11.9 Å². The van der Waals surface area contributed by atoms with Crippen LogP contribution in [-0.4, -0.2) is 22.4 Å². The first-order valence-electron chi connectivity index (χ1n) is 6.96. The standard InChI is InChI=1S/C16H16N4OS/c1-10-2-4-11(5-3-10)12-8-22-16-14(12)15(19-9-20-16)18-7-6-13(17)21/h2-5,8-9H,6-7H2,1H3,(H2,17,21)(H,18,19,20). The largest absolute Gasteiger partial charge is 0.370 e. The van der Waals surface area contributed by atoms with Crippen molar-refractivity contribution in [1.29, 1.82) is 0 Å². The van der Waals surface area contributed by atoms with Crippen molar-refractivity contribution >= 4 is 33.3 Å². The van der Waals surface area contributed by atoms with Crippen LogP contribution in [0.3, 0.4) is 0 Å². The third-order valence-electron chi connectivity index (χ3n) is 3.40. The minimum atomic E-state index is -0.332. The minimum absolute atomic E-state index is 0.273. The summed E-state index contributed by atoms with van der Waals surface area (Å²) in [5.74, 6) is 0.407. The lowest BCUT2D eigenvalue weighted by atomic mass is 10.0. The van der Waals surface area contributed by atoms with Crippen LogP contribution in [0.5, 0.6) is 0 Å². The average Bonchev–Trinajstić information content (AvgIpc) is 2.93. The fraction of sp³-hybridized carbons (Fsp3) is 0.188. The zero-order valence-electron chi connectivity index (χ0n) is 12.2. The van der Waals surface area contributed by atoms with Crippen molar-refractivity contribution in [1.82, 2.24) is 9.97 Å². The topological polar surface area (TPSA) is 80.9 Å². The average molecular weight is 312 g/mol. The Hall–Kier alpha value is -2.47. The predicted octanol–water partition coefficient (Wildman–Crippen LogP) is 2.95. The maximum absolute atomic E-state index is 10.9. The Bertz CT molecular complexity index is 811. The second-order valence-corrected chi connectivity index (χ2v) is 5.92.